The van der Waals surface area contributed by atoms with Crippen LogP contribution in [0.1, 0.15) is 28.2 Å². The van der Waals surface area contributed by atoms with Crippen LogP contribution in [0.2, 0.25) is 0 Å². The summed E-state index contributed by atoms with van der Waals surface area (Å²) in [5, 5.41) is 10.7. The number of aryl methyl sites for hydroxylation is 1. The van der Waals surface area contributed by atoms with Crippen LogP contribution in [0, 0.1) is 0 Å². The van der Waals surface area contributed by atoms with Crippen LogP contribution in [0.15, 0.2) is 0 Å². The van der Waals surface area contributed by atoms with Gasteiger partial charge in [0.2, 0.25) is 0 Å². The Bertz CT molecular complexity index is 522. The van der Waals surface area contributed by atoms with E-state index in [2.05, 4.69) is 20.6 Å². The summed E-state index contributed by atoms with van der Waals surface area (Å²) in [6.07, 6.45) is 1.89. The molecule has 0 unspecified atom stereocenters. The molecule has 7 heteroatoms. The molecule has 22 heavy (non-hydrogen) atoms. The van der Waals surface area contributed by atoms with Crippen LogP contribution in [0.4, 0.5) is 0 Å². The maximum absolute atomic E-state index is 12.3. The molecule has 1 aromatic heterocycles. The summed E-state index contributed by atoms with van der Waals surface area (Å²) in [5.41, 5.74) is 2.81. The third kappa shape index (κ3) is 3.48. The van der Waals surface area contributed by atoms with E-state index in [0.717, 1.165) is 64.3 Å². The Balaban J connectivity index is 1.48. The molecule has 2 aliphatic heterocycles. The minimum Gasteiger partial charge on any atom is -0.379 e. The number of hydrogen-bond donors (Lipinski definition) is 2. The van der Waals surface area contributed by atoms with E-state index >= 15 is 0 Å². The van der Waals surface area contributed by atoms with Crippen molar-refractivity contribution in [3.8, 4) is 0 Å². The van der Waals surface area contributed by atoms with Gasteiger partial charge in [0.15, 0.2) is 5.69 Å². The van der Waals surface area contributed by atoms with Crippen LogP contribution in [0.3, 0.4) is 0 Å². The molecule has 2 aliphatic rings. The number of nitrogens with one attached hydrogen (secondary N) is 2. The first-order chi connectivity index (χ1) is 10.8. The quantitative estimate of drug-likeness (QED) is 0.719. The van der Waals surface area contributed by atoms with Gasteiger partial charge in [-0.1, -0.05) is 0 Å². The maximum Gasteiger partial charge on any atom is 0.272 e. The molecule has 2 N–H and O–H groups in total. The Hall–Kier alpha value is -1.44. The number of morpholine rings is 1. The van der Waals surface area contributed by atoms with Crippen molar-refractivity contribution in [2.75, 3.05) is 45.9 Å². The summed E-state index contributed by atoms with van der Waals surface area (Å²) in [4.78, 5) is 14.7. The van der Waals surface area contributed by atoms with Gasteiger partial charge in [-0.25, -0.2) is 0 Å². The first kappa shape index (κ1) is 15.5. The van der Waals surface area contributed by atoms with Crippen LogP contribution in [0.5, 0.6) is 0 Å². The molecule has 0 bridgehead atoms. The summed E-state index contributed by atoms with van der Waals surface area (Å²) in [5.74, 6) is -0.0532. The minimum absolute atomic E-state index is 0.0532. The normalized spacial score (nSPS) is 19.0. The van der Waals surface area contributed by atoms with Gasteiger partial charge in [-0.2, -0.15) is 5.10 Å². The zero-order valence-electron chi connectivity index (χ0n) is 13.2. The summed E-state index contributed by atoms with van der Waals surface area (Å²) in [6.45, 7) is 7.01. The zero-order valence-corrected chi connectivity index (χ0v) is 13.2. The van der Waals surface area contributed by atoms with Crippen molar-refractivity contribution in [2.24, 2.45) is 7.05 Å². The number of amides is 1. The van der Waals surface area contributed by atoms with Gasteiger partial charge in [0, 0.05) is 57.4 Å². The highest BCUT2D eigenvalue weighted by Gasteiger charge is 2.23. The number of carbonyl (C=O) groups excluding carboxylic acids is 1. The van der Waals surface area contributed by atoms with Gasteiger partial charge in [0.25, 0.3) is 5.91 Å². The van der Waals surface area contributed by atoms with E-state index in [1.165, 1.54) is 5.69 Å². The second kappa shape index (κ2) is 7.21. The van der Waals surface area contributed by atoms with Crippen molar-refractivity contribution in [3.63, 3.8) is 0 Å². The molecule has 122 valence electrons. The van der Waals surface area contributed by atoms with Crippen LogP contribution in [0.25, 0.3) is 0 Å². The molecule has 0 aromatic carbocycles. The van der Waals surface area contributed by atoms with E-state index in [9.17, 15) is 4.79 Å². The summed E-state index contributed by atoms with van der Waals surface area (Å²) < 4.78 is 7.18. The first-order valence-electron chi connectivity index (χ1n) is 8.09. The number of nitrogens with zero attached hydrogens (tertiary/aromatic N) is 3. The summed E-state index contributed by atoms with van der Waals surface area (Å²) in [7, 11) is 1.92. The molecular weight excluding hydrogens is 282 g/mol. The van der Waals surface area contributed by atoms with Crippen molar-refractivity contribution in [2.45, 2.75) is 19.4 Å². The van der Waals surface area contributed by atoms with Crippen LogP contribution in [-0.4, -0.2) is 66.5 Å². The number of hydrogen-bond acceptors (Lipinski definition) is 5. The topological polar surface area (TPSA) is 71.4 Å². The highest BCUT2D eigenvalue weighted by atomic mass is 16.5. The highest BCUT2D eigenvalue weighted by molar-refractivity contribution is 5.94. The Morgan fingerprint density at radius 3 is 3.05 bits per heavy atom. The third-order valence-corrected chi connectivity index (χ3v) is 4.37. The fraction of sp³-hybridized carbons (Fsp3) is 0.733. The lowest BCUT2D eigenvalue weighted by atomic mass is 10.1. The molecule has 1 fully saturated rings. The van der Waals surface area contributed by atoms with Crippen molar-refractivity contribution >= 4 is 5.91 Å². The molecule has 0 saturated carbocycles. The van der Waals surface area contributed by atoms with Gasteiger partial charge in [-0.15, -0.1) is 0 Å². The number of rotatable bonds is 5. The number of carbonyl (C=O) groups is 1. The van der Waals surface area contributed by atoms with E-state index < -0.39 is 0 Å². The third-order valence-electron chi connectivity index (χ3n) is 4.37. The van der Waals surface area contributed by atoms with E-state index in [0.29, 0.717) is 12.2 Å². The predicted octanol–water partition coefficient (Wildman–Crippen LogP) is -0.482. The standard InChI is InChI=1S/C15H25N5O2/c1-19-13-3-5-16-11-12(13)14(18-19)15(21)17-4-2-6-20-7-9-22-10-8-20/h16H,2-11H2,1H3,(H,17,21). The smallest absolute Gasteiger partial charge is 0.272 e. The molecule has 1 saturated heterocycles. The summed E-state index contributed by atoms with van der Waals surface area (Å²) >= 11 is 0. The molecule has 7 nitrogen and oxygen atoms in total. The minimum atomic E-state index is -0.0532. The fourth-order valence-corrected chi connectivity index (χ4v) is 3.12. The number of aromatic nitrogens is 2. The molecule has 0 radical (unpaired) electrons. The van der Waals surface area contributed by atoms with Crippen molar-refractivity contribution in [1.82, 2.24) is 25.3 Å². The molecule has 1 aromatic rings. The monoisotopic (exact) mass is 307 g/mol. The molecule has 0 atom stereocenters. The molecule has 1 amide bonds. The molecule has 0 aliphatic carbocycles. The van der Waals surface area contributed by atoms with Crippen molar-refractivity contribution < 1.29 is 9.53 Å². The van der Waals surface area contributed by atoms with Gasteiger partial charge in [-0.3, -0.25) is 14.4 Å². The van der Waals surface area contributed by atoms with Gasteiger partial charge in [0.05, 0.1) is 13.2 Å². The second-order valence-electron chi connectivity index (χ2n) is 5.89. The van der Waals surface area contributed by atoms with Gasteiger partial charge >= 0.3 is 0 Å². The Kier molecular flexibility index (Phi) is 5.07. The molecule has 0 spiro atoms. The summed E-state index contributed by atoms with van der Waals surface area (Å²) in [6, 6.07) is 0. The fourth-order valence-electron chi connectivity index (χ4n) is 3.12. The van der Waals surface area contributed by atoms with Gasteiger partial charge < -0.3 is 15.4 Å². The van der Waals surface area contributed by atoms with Crippen molar-refractivity contribution in [3.05, 3.63) is 17.0 Å². The molecule has 3 heterocycles. The van der Waals surface area contributed by atoms with E-state index in [1.807, 2.05) is 11.7 Å². The Labute approximate surface area is 131 Å². The van der Waals surface area contributed by atoms with E-state index in [4.69, 9.17) is 4.74 Å². The predicted molar refractivity (Wildman–Crippen MR) is 82.8 cm³/mol. The van der Waals surface area contributed by atoms with Crippen LogP contribution in [-0.2, 0) is 24.8 Å². The number of fused-ring (bicyclic) bond motifs is 1. The number of ether oxygens (including phenoxy) is 1. The first-order valence-corrected chi connectivity index (χ1v) is 8.09. The maximum atomic E-state index is 12.3. The highest BCUT2D eigenvalue weighted by Crippen LogP contribution is 2.17. The van der Waals surface area contributed by atoms with Gasteiger partial charge in [0.1, 0.15) is 0 Å². The Morgan fingerprint density at radius 2 is 2.23 bits per heavy atom. The van der Waals surface area contributed by atoms with Gasteiger partial charge in [-0.05, 0) is 13.0 Å². The molecular formula is C15H25N5O2. The average Bonchev–Trinajstić information content (AvgIpc) is 2.90. The van der Waals surface area contributed by atoms with Crippen LogP contribution >= 0.6 is 0 Å². The largest absolute Gasteiger partial charge is 0.379 e. The SMILES string of the molecule is Cn1nc(C(=O)NCCCN2CCOCC2)c2c1CCNC2. The second-order valence-corrected chi connectivity index (χ2v) is 5.89. The zero-order chi connectivity index (χ0) is 15.4. The molecule has 3 rings (SSSR count). The Morgan fingerprint density at radius 1 is 1.41 bits per heavy atom. The van der Waals surface area contributed by atoms with Crippen molar-refractivity contribution in [1.29, 1.82) is 0 Å². The van der Waals surface area contributed by atoms with Crippen LogP contribution < -0.4 is 10.6 Å². The van der Waals surface area contributed by atoms with E-state index in [-0.39, 0.29) is 5.91 Å². The lowest BCUT2D eigenvalue weighted by Crippen LogP contribution is -2.38. The lowest BCUT2D eigenvalue weighted by Gasteiger charge is -2.26. The lowest BCUT2D eigenvalue weighted by molar-refractivity contribution is 0.0374. The van der Waals surface area contributed by atoms with E-state index in [1.54, 1.807) is 0 Å². The average molecular weight is 307 g/mol.